The summed E-state index contributed by atoms with van der Waals surface area (Å²) in [7, 11) is 1.89. The van der Waals surface area contributed by atoms with E-state index in [2.05, 4.69) is 10.2 Å². The fourth-order valence-electron chi connectivity index (χ4n) is 1.09. The van der Waals surface area contributed by atoms with E-state index in [1.54, 1.807) is 12.6 Å². The van der Waals surface area contributed by atoms with Gasteiger partial charge in [-0.15, -0.1) is 10.2 Å². The number of rotatable bonds is 1. The summed E-state index contributed by atoms with van der Waals surface area (Å²) >= 11 is 0. The Balaban J connectivity index is 2.57. The summed E-state index contributed by atoms with van der Waals surface area (Å²) in [6.07, 6.45) is 3.30. The van der Waals surface area contributed by atoms with Crippen molar-refractivity contribution in [2.45, 2.75) is 6.92 Å². The molecule has 0 N–H and O–H groups in total. The minimum atomic E-state index is 0.762. The molecule has 0 saturated heterocycles. The van der Waals surface area contributed by atoms with Crippen LogP contribution in [-0.4, -0.2) is 14.8 Å². The maximum Gasteiger partial charge on any atom is 0.199 e. The number of furan rings is 1. The van der Waals surface area contributed by atoms with Gasteiger partial charge in [0.15, 0.2) is 11.6 Å². The first-order valence-electron chi connectivity index (χ1n) is 3.67. The Bertz CT molecular complexity index is 350. The molecule has 0 aliphatic rings. The van der Waals surface area contributed by atoms with E-state index in [0.717, 1.165) is 17.1 Å². The van der Waals surface area contributed by atoms with Crippen molar-refractivity contribution in [1.82, 2.24) is 14.8 Å². The Morgan fingerprint density at radius 3 is 2.83 bits per heavy atom. The molecule has 0 fully saturated rings. The standard InChI is InChI=1S/C8H9N3O/c1-6-3-4-12-7(6)8-10-9-5-11(8)2/h3-5H,1-2H3. The average Bonchev–Trinajstić information content (AvgIpc) is 2.59. The maximum atomic E-state index is 5.27. The van der Waals surface area contributed by atoms with E-state index in [4.69, 9.17) is 4.42 Å². The van der Waals surface area contributed by atoms with E-state index in [-0.39, 0.29) is 0 Å². The largest absolute Gasteiger partial charge is 0.461 e. The van der Waals surface area contributed by atoms with Crippen LogP contribution in [0.4, 0.5) is 0 Å². The third-order valence-corrected chi connectivity index (χ3v) is 1.78. The molecule has 0 bridgehead atoms. The summed E-state index contributed by atoms with van der Waals surface area (Å²) < 4.78 is 7.09. The van der Waals surface area contributed by atoms with Gasteiger partial charge in [-0.25, -0.2) is 0 Å². The van der Waals surface area contributed by atoms with Crippen LogP contribution in [0, 0.1) is 6.92 Å². The first-order chi connectivity index (χ1) is 5.79. The van der Waals surface area contributed by atoms with Crippen molar-refractivity contribution in [2.24, 2.45) is 7.05 Å². The summed E-state index contributed by atoms with van der Waals surface area (Å²) in [5, 5.41) is 7.71. The lowest BCUT2D eigenvalue weighted by Gasteiger charge is -1.95. The maximum absolute atomic E-state index is 5.27. The molecular formula is C8H9N3O. The highest BCUT2D eigenvalue weighted by atomic mass is 16.3. The van der Waals surface area contributed by atoms with Crippen molar-refractivity contribution < 1.29 is 4.42 Å². The monoisotopic (exact) mass is 163 g/mol. The normalized spacial score (nSPS) is 10.5. The van der Waals surface area contributed by atoms with Crippen molar-refractivity contribution in [2.75, 3.05) is 0 Å². The molecule has 0 aliphatic carbocycles. The van der Waals surface area contributed by atoms with E-state index in [1.807, 2.05) is 24.6 Å². The van der Waals surface area contributed by atoms with Crippen LogP contribution in [0.3, 0.4) is 0 Å². The zero-order chi connectivity index (χ0) is 8.55. The highest BCUT2D eigenvalue weighted by Crippen LogP contribution is 2.20. The lowest BCUT2D eigenvalue weighted by molar-refractivity contribution is 0.572. The molecule has 4 nitrogen and oxygen atoms in total. The molecule has 0 amide bonds. The Labute approximate surface area is 69.8 Å². The lowest BCUT2D eigenvalue weighted by atomic mass is 10.3. The van der Waals surface area contributed by atoms with Gasteiger partial charge in [-0.1, -0.05) is 0 Å². The second-order valence-electron chi connectivity index (χ2n) is 2.70. The van der Waals surface area contributed by atoms with Crippen LogP contribution in [-0.2, 0) is 7.05 Å². The average molecular weight is 163 g/mol. The molecular weight excluding hydrogens is 154 g/mol. The summed E-state index contributed by atoms with van der Waals surface area (Å²) in [5.74, 6) is 1.55. The second-order valence-corrected chi connectivity index (χ2v) is 2.70. The third kappa shape index (κ3) is 0.922. The molecule has 0 radical (unpaired) electrons. The lowest BCUT2D eigenvalue weighted by Crippen LogP contribution is -1.90. The molecule has 62 valence electrons. The highest BCUT2D eigenvalue weighted by molar-refractivity contribution is 5.51. The van der Waals surface area contributed by atoms with Crippen LogP contribution >= 0.6 is 0 Å². The van der Waals surface area contributed by atoms with Crippen molar-refractivity contribution in [1.29, 1.82) is 0 Å². The number of aromatic nitrogens is 3. The molecule has 0 spiro atoms. The first-order valence-corrected chi connectivity index (χ1v) is 3.67. The molecule has 2 aromatic rings. The molecule has 12 heavy (non-hydrogen) atoms. The Hall–Kier alpha value is -1.58. The van der Waals surface area contributed by atoms with Crippen LogP contribution in [0.25, 0.3) is 11.6 Å². The van der Waals surface area contributed by atoms with Gasteiger partial charge in [-0.2, -0.15) is 0 Å². The summed E-state index contributed by atoms with van der Waals surface area (Å²) in [5.41, 5.74) is 1.08. The highest BCUT2D eigenvalue weighted by Gasteiger charge is 2.09. The van der Waals surface area contributed by atoms with E-state index >= 15 is 0 Å². The zero-order valence-corrected chi connectivity index (χ0v) is 6.98. The van der Waals surface area contributed by atoms with Crippen molar-refractivity contribution in [3.05, 3.63) is 24.2 Å². The quantitative estimate of drug-likeness (QED) is 0.638. The van der Waals surface area contributed by atoms with Gasteiger partial charge < -0.3 is 8.98 Å². The molecule has 4 heteroatoms. The predicted octanol–water partition coefficient (Wildman–Crippen LogP) is 1.38. The molecule has 2 aromatic heterocycles. The van der Waals surface area contributed by atoms with Crippen LogP contribution in [0.5, 0.6) is 0 Å². The topological polar surface area (TPSA) is 43.9 Å². The fraction of sp³-hybridized carbons (Fsp3) is 0.250. The van der Waals surface area contributed by atoms with Gasteiger partial charge in [-0.3, -0.25) is 0 Å². The summed E-state index contributed by atoms with van der Waals surface area (Å²) in [6, 6.07) is 1.91. The van der Waals surface area contributed by atoms with Gasteiger partial charge >= 0.3 is 0 Å². The summed E-state index contributed by atoms with van der Waals surface area (Å²) in [4.78, 5) is 0. The fourth-order valence-corrected chi connectivity index (χ4v) is 1.09. The van der Waals surface area contributed by atoms with Crippen molar-refractivity contribution in [3.8, 4) is 11.6 Å². The van der Waals surface area contributed by atoms with Crippen molar-refractivity contribution >= 4 is 0 Å². The number of nitrogens with zero attached hydrogens (tertiary/aromatic N) is 3. The number of aryl methyl sites for hydroxylation is 2. The molecule has 2 heterocycles. The predicted molar refractivity (Wildman–Crippen MR) is 43.4 cm³/mol. The first kappa shape index (κ1) is 7.09. The third-order valence-electron chi connectivity index (χ3n) is 1.78. The van der Waals surface area contributed by atoms with E-state index in [0.29, 0.717) is 0 Å². The van der Waals surface area contributed by atoms with Gasteiger partial charge in [0, 0.05) is 7.05 Å². The SMILES string of the molecule is Cc1ccoc1-c1nncn1C. The number of hydrogen-bond donors (Lipinski definition) is 0. The van der Waals surface area contributed by atoms with Crippen LogP contribution in [0.2, 0.25) is 0 Å². The molecule has 0 aromatic carbocycles. The van der Waals surface area contributed by atoms with Gasteiger partial charge in [0.25, 0.3) is 0 Å². The van der Waals surface area contributed by atoms with E-state index in [1.165, 1.54) is 0 Å². The van der Waals surface area contributed by atoms with Crippen LogP contribution < -0.4 is 0 Å². The molecule has 0 aliphatic heterocycles. The molecule has 2 rings (SSSR count). The number of hydrogen-bond acceptors (Lipinski definition) is 3. The smallest absolute Gasteiger partial charge is 0.199 e. The molecule has 0 unspecified atom stereocenters. The van der Waals surface area contributed by atoms with Gasteiger partial charge in [-0.05, 0) is 18.6 Å². The van der Waals surface area contributed by atoms with E-state index < -0.39 is 0 Å². The van der Waals surface area contributed by atoms with Gasteiger partial charge in [0.2, 0.25) is 0 Å². The zero-order valence-electron chi connectivity index (χ0n) is 6.98. The molecule has 0 atom stereocenters. The van der Waals surface area contributed by atoms with Crippen LogP contribution in [0.1, 0.15) is 5.56 Å². The van der Waals surface area contributed by atoms with Crippen molar-refractivity contribution in [3.63, 3.8) is 0 Å². The minimum absolute atomic E-state index is 0.762. The Morgan fingerprint density at radius 1 is 1.50 bits per heavy atom. The van der Waals surface area contributed by atoms with Gasteiger partial charge in [0.1, 0.15) is 6.33 Å². The van der Waals surface area contributed by atoms with Gasteiger partial charge in [0.05, 0.1) is 6.26 Å². The van der Waals surface area contributed by atoms with E-state index in [9.17, 15) is 0 Å². The Kier molecular flexibility index (Phi) is 1.46. The Morgan fingerprint density at radius 2 is 2.33 bits per heavy atom. The van der Waals surface area contributed by atoms with Crippen LogP contribution in [0.15, 0.2) is 23.1 Å². The summed E-state index contributed by atoms with van der Waals surface area (Å²) in [6.45, 7) is 1.98. The molecule has 0 saturated carbocycles. The minimum Gasteiger partial charge on any atom is -0.461 e. The second kappa shape index (κ2) is 2.48.